The van der Waals surface area contributed by atoms with Crippen molar-refractivity contribution in [2.45, 2.75) is 57.0 Å². The van der Waals surface area contributed by atoms with E-state index in [9.17, 15) is 9.59 Å². The van der Waals surface area contributed by atoms with Crippen LogP contribution in [0.4, 0.5) is 0 Å². The van der Waals surface area contributed by atoms with E-state index in [-0.39, 0.29) is 17.9 Å². The van der Waals surface area contributed by atoms with Crippen LogP contribution in [0.5, 0.6) is 5.75 Å². The molecular weight excluding hydrogens is 444 g/mol. The Balaban J connectivity index is 1.63. The summed E-state index contributed by atoms with van der Waals surface area (Å²) in [6.45, 7) is 2.16. The van der Waals surface area contributed by atoms with Crippen molar-refractivity contribution in [1.29, 1.82) is 0 Å². The molecule has 1 saturated carbocycles. The number of nitrogens with one attached hydrogen (secondary N) is 1. The van der Waals surface area contributed by atoms with Crippen molar-refractivity contribution >= 4 is 35.2 Å². The fourth-order valence-corrected chi connectivity index (χ4v) is 4.95. The van der Waals surface area contributed by atoms with Gasteiger partial charge in [0.2, 0.25) is 11.8 Å². The SMILES string of the molecule is COc1ccc(CSCC(=O)N(Cc2cccc(Cl)c2)[C@H](C)C(=O)NC2CCCC2)cc1. The van der Waals surface area contributed by atoms with E-state index < -0.39 is 6.04 Å². The molecule has 0 heterocycles. The van der Waals surface area contributed by atoms with E-state index in [1.807, 2.05) is 42.5 Å². The molecule has 1 aliphatic carbocycles. The van der Waals surface area contributed by atoms with Crippen LogP contribution >= 0.6 is 23.4 Å². The number of hydrogen-bond donors (Lipinski definition) is 1. The van der Waals surface area contributed by atoms with Crippen molar-refractivity contribution in [2.24, 2.45) is 0 Å². The van der Waals surface area contributed by atoms with Crippen molar-refractivity contribution in [3.8, 4) is 5.75 Å². The van der Waals surface area contributed by atoms with E-state index in [1.165, 1.54) is 0 Å². The Bertz CT molecular complexity index is 900. The average Bonchev–Trinajstić information content (AvgIpc) is 3.30. The fourth-order valence-electron chi connectivity index (χ4n) is 3.87. The summed E-state index contributed by atoms with van der Waals surface area (Å²) in [6.07, 6.45) is 4.32. The highest BCUT2D eigenvalue weighted by molar-refractivity contribution is 7.99. The summed E-state index contributed by atoms with van der Waals surface area (Å²) in [5, 5.41) is 3.74. The quantitative estimate of drug-likeness (QED) is 0.523. The van der Waals surface area contributed by atoms with E-state index in [2.05, 4.69) is 5.32 Å². The molecule has 32 heavy (non-hydrogen) atoms. The minimum atomic E-state index is -0.552. The van der Waals surface area contributed by atoms with Crippen LogP contribution in [0.3, 0.4) is 0 Å². The van der Waals surface area contributed by atoms with Crippen LogP contribution < -0.4 is 10.1 Å². The number of carbonyl (C=O) groups excluding carboxylic acids is 2. The zero-order valence-electron chi connectivity index (χ0n) is 18.7. The number of ether oxygens (including phenoxy) is 1. The third-order valence-electron chi connectivity index (χ3n) is 5.76. The Morgan fingerprint density at radius 3 is 2.53 bits per heavy atom. The molecule has 0 bridgehead atoms. The number of hydrogen-bond acceptors (Lipinski definition) is 4. The average molecular weight is 475 g/mol. The Kier molecular flexibility index (Phi) is 9.30. The molecule has 2 aromatic rings. The predicted octanol–water partition coefficient (Wildman–Crippen LogP) is 5.06. The molecule has 0 spiro atoms. The van der Waals surface area contributed by atoms with Gasteiger partial charge in [-0.1, -0.05) is 48.7 Å². The van der Waals surface area contributed by atoms with Gasteiger partial charge in [-0.25, -0.2) is 0 Å². The first kappa shape index (κ1) is 24.5. The van der Waals surface area contributed by atoms with E-state index >= 15 is 0 Å². The van der Waals surface area contributed by atoms with Gasteiger partial charge >= 0.3 is 0 Å². The molecule has 2 amide bonds. The fraction of sp³-hybridized carbons (Fsp3) is 0.440. The van der Waals surface area contributed by atoms with E-state index in [4.69, 9.17) is 16.3 Å². The molecule has 0 aromatic heterocycles. The molecule has 172 valence electrons. The third-order valence-corrected chi connectivity index (χ3v) is 6.99. The lowest BCUT2D eigenvalue weighted by atomic mass is 10.1. The maximum atomic E-state index is 13.2. The molecule has 1 fully saturated rings. The van der Waals surface area contributed by atoms with Crippen LogP contribution in [-0.4, -0.2) is 41.7 Å². The van der Waals surface area contributed by atoms with Gasteiger partial charge in [-0.2, -0.15) is 0 Å². The summed E-state index contributed by atoms with van der Waals surface area (Å²) in [7, 11) is 1.64. The van der Waals surface area contributed by atoms with Crippen molar-refractivity contribution in [2.75, 3.05) is 12.9 Å². The van der Waals surface area contributed by atoms with E-state index in [0.29, 0.717) is 23.1 Å². The number of thioether (sulfide) groups is 1. The molecule has 5 nitrogen and oxygen atoms in total. The normalized spacial score (nSPS) is 14.7. The van der Waals surface area contributed by atoms with Gasteiger partial charge in [0.15, 0.2) is 0 Å². The molecule has 0 radical (unpaired) electrons. The first-order chi connectivity index (χ1) is 15.5. The number of nitrogens with zero attached hydrogens (tertiary/aromatic N) is 1. The second kappa shape index (κ2) is 12.2. The Hall–Kier alpha value is -2.18. The standard InChI is InChI=1S/C25H31ClN2O3S/c1-18(25(30)27-22-8-3-4-9-22)28(15-20-6-5-7-21(26)14-20)24(29)17-32-16-19-10-12-23(31-2)13-11-19/h5-7,10-14,18,22H,3-4,8-9,15-17H2,1-2H3,(H,27,30)/t18-/m1/s1. The van der Waals surface area contributed by atoms with Crippen LogP contribution in [0.25, 0.3) is 0 Å². The van der Waals surface area contributed by atoms with E-state index in [0.717, 1.165) is 42.6 Å². The molecule has 0 unspecified atom stereocenters. The Labute approximate surface area is 199 Å². The van der Waals surface area contributed by atoms with Crippen molar-refractivity contribution < 1.29 is 14.3 Å². The number of amides is 2. The number of halogens is 1. The molecule has 0 saturated heterocycles. The van der Waals surface area contributed by atoms with Gasteiger partial charge in [-0.15, -0.1) is 11.8 Å². The number of carbonyl (C=O) groups is 2. The summed E-state index contributed by atoms with van der Waals surface area (Å²) < 4.78 is 5.19. The molecule has 3 rings (SSSR count). The van der Waals surface area contributed by atoms with Crippen LogP contribution in [-0.2, 0) is 21.9 Å². The van der Waals surface area contributed by atoms with Gasteiger partial charge in [0, 0.05) is 23.4 Å². The summed E-state index contributed by atoms with van der Waals surface area (Å²) in [4.78, 5) is 27.8. The largest absolute Gasteiger partial charge is 0.497 e. The first-order valence-corrected chi connectivity index (χ1v) is 12.5. The highest BCUT2D eigenvalue weighted by Gasteiger charge is 2.28. The smallest absolute Gasteiger partial charge is 0.242 e. The minimum Gasteiger partial charge on any atom is -0.497 e. The molecule has 1 aliphatic rings. The number of rotatable bonds is 10. The van der Waals surface area contributed by atoms with Crippen molar-refractivity contribution in [3.05, 3.63) is 64.7 Å². The van der Waals surface area contributed by atoms with Crippen LogP contribution in [0.2, 0.25) is 5.02 Å². The van der Waals surface area contributed by atoms with Crippen LogP contribution in [0, 0.1) is 0 Å². The summed E-state index contributed by atoms with van der Waals surface area (Å²) in [5.41, 5.74) is 2.03. The first-order valence-electron chi connectivity index (χ1n) is 11.0. The molecular formula is C25H31ClN2O3S. The molecule has 2 aromatic carbocycles. The van der Waals surface area contributed by atoms with Crippen LogP contribution in [0.1, 0.15) is 43.7 Å². The topological polar surface area (TPSA) is 58.6 Å². The third kappa shape index (κ3) is 7.17. The zero-order valence-corrected chi connectivity index (χ0v) is 20.3. The van der Waals surface area contributed by atoms with Crippen molar-refractivity contribution in [1.82, 2.24) is 10.2 Å². The monoisotopic (exact) mass is 474 g/mol. The lowest BCUT2D eigenvalue weighted by Gasteiger charge is -2.29. The van der Waals surface area contributed by atoms with Gasteiger partial charge in [0.25, 0.3) is 0 Å². The number of methoxy groups -OCH3 is 1. The predicted molar refractivity (Wildman–Crippen MR) is 131 cm³/mol. The Morgan fingerprint density at radius 2 is 1.88 bits per heavy atom. The maximum absolute atomic E-state index is 13.2. The second-order valence-electron chi connectivity index (χ2n) is 8.16. The van der Waals surface area contributed by atoms with Gasteiger partial charge in [0.05, 0.1) is 12.9 Å². The summed E-state index contributed by atoms with van der Waals surface area (Å²) in [5.74, 6) is 1.67. The second-order valence-corrected chi connectivity index (χ2v) is 9.58. The molecule has 0 aliphatic heterocycles. The summed E-state index contributed by atoms with van der Waals surface area (Å²) >= 11 is 7.68. The van der Waals surface area contributed by atoms with Gasteiger partial charge in [-0.05, 0) is 55.2 Å². The van der Waals surface area contributed by atoms with Crippen molar-refractivity contribution in [3.63, 3.8) is 0 Å². The van der Waals surface area contributed by atoms with Gasteiger partial charge in [-0.3, -0.25) is 9.59 Å². The van der Waals surface area contributed by atoms with Crippen LogP contribution in [0.15, 0.2) is 48.5 Å². The highest BCUT2D eigenvalue weighted by atomic mass is 35.5. The molecule has 7 heteroatoms. The van der Waals surface area contributed by atoms with Gasteiger partial charge < -0.3 is 15.0 Å². The Morgan fingerprint density at radius 1 is 1.16 bits per heavy atom. The number of benzene rings is 2. The van der Waals surface area contributed by atoms with Gasteiger partial charge in [0.1, 0.15) is 11.8 Å². The van der Waals surface area contributed by atoms with E-state index in [1.54, 1.807) is 36.8 Å². The highest BCUT2D eigenvalue weighted by Crippen LogP contribution is 2.21. The molecule has 1 N–H and O–H groups in total. The minimum absolute atomic E-state index is 0.0578. The lowest BCUT2D eigenvalue weighted by molar-refractivity contribution is -0.138. The summed E-state index contributed by atoms with van der Waals surface area (Å²) in [6, 6.07) is 14.9. The zero-order chi connectivity index (χ0) is 22.9. The maximum Gasteiger partial charge on any atom is 0.242 e. The molecule has 1 atom stereocenters. The lowest BCUT2D eigenvalue weighted by Crippen LogP contribution is -2.50.